The number of nitrogens with zero attached hydrogens (tertiary/aromatic N) is 1. The number of rotatable bonds is 7. The van der Waals surface area contributed by atoms with Crippen LogP contribution in [0.3, 0.4) is 0 Å². The average molecular weight is 234 g/mol. The van der Waals surface area contributed by atoms with Crippen LogP contribution in [-0.4, -0.2) is 44.7 Å². The molecule has 15 heavy (non-hydrogen) atoms. The van der Waals surface area contributed by atoms with Crippen molar-refractivity contribution >= 4 is 10.0 Å². The molecular formula is C10H22N2O2S. The van der Waals surface area contributed by atoms with E-state index in [2.05, 4.69) is 12.2 Å². The molecule has 4 nitrogen and oxygen atoms in total. The summed E-state index contributed by atoms with van der Waals surface area (Å²) in [5.41, 5.74) is 0. The minimum atomic E-state index is -3.03. The lowest BCUT2D eigenvalue weighted by atomic mass is 9.94. The summed E-state index contributed by atoms with van der Waals surface area (Å²) in [5, 5.41) is 3.12. The van der Waals surface area contributed by atoms with Gasteiger partial charge < -0.3 is 5.32 Å². The number of sulfonamides is 1. The highest BCUT2D eigenvalue weighted by molar-refractivity contribution is 7.89. The van der Waals surface area contributed by atoms with Crippen LogP contribution in [0.4, 0.5) is 0 Å². The van der Waals surface area contributed by atoms with Gasteiger partial charge in [0.25, 0.3) is 0 Å². The van der Waals surface area contributed by atoms with E-state index < -0.39 is 10.0 Å². The monoisotopic (exact) mass is 234 g/mol. The maximum atomic E-state index is 11.8. The first kappa shape index (κ1) is 12.9. The van der Waals surface area contributed by atoms with E-state index in [1.807, 2.05) is 0 Å². The average Bonchev–Trinajstić information content (AvgIpc) is 2.09. The summed E-state index contributed by atoms with van der Waals surface area (Å²) in [4.78, 5) is 0. The van der Waals surface area contributed by atoms with E-state index in [4.69, 9.17) is 0 Å². The zero-order valence-electron chi connectivity index (χ0n) is 9.70. The van der Waals surface area contributed by atoms with Crippen LogP contribution in [-0.2, 0) is 10.0 Å². The van der Waals surface area contributed by atoms with Crippen LogP contribution >= 0.6 is 0 Å². The summed E-state index contributed by atoms with van der Waals surface area (Å²) in [5.74, 6) is 0.222. The minimum absolute atomic E-state index is 0.222. The van der Waals surface area contributed by atoms with Gasteiger partial charge in [0.1, 0.15) is 0 Å². The molecule has 0 amide bonds. The molecule has 1 saturated carbocycles. The lowest BCUT2D eigenvalue weighted by Crippen LogP contribution is -2.43. The van der Waals surface area contributed by atoms with Gasteiger partial charge in [-0.2, -0.15) is 0 Å². The van der Waals surface area contributed by atoms with Gasteiger partial charge in [-0.25, -0.2) is 12.7 Å². The smallest absolute Gasteiger partial charge is 0.215 e. The Balaban J connectivity index is 2.30. The molecule has 90 valence electrons. The molecule has 1 rings (SSSR count). The third-order valence-corrected chi connectivity index (χ3v) is 4.89. The van der Waals surface area contributed by atoms with Crippen molar-refractivity contribution in [2.75, 3.05) is 25.9 Å². The van der Waals surface area contributed by atoms with Crippen molar-refractivity contribution in [3.63, 3.8) is 0 Å². The molecule has 0 radical (unpaired) electrons. The Kier molecular flexibility index (Phi) is 5.02. The largest absolute Gasteiger partial charge is 0.316 e. The molecule has 0 spiro atoms. The van der Waals surface area contributed by atoms with E-state index >= 15 is 0 Å². The third-order valence-electron chi connectivity index (χ3n) is 2.99. The van der Waals surface area contributed by atoms with Gasteiger partial charge in [0, 0.05) is 19.6 Å². The minimum Gasteiger partial charge on any atom is -0.316 e. The standard InChI is InChI=1S/C10H22N2O2S/c1-3-7-11-8-9-15(13,14)12(2)10-5-4-6-10/h10-11H,3-9H2,1-2H3. The third kappa shape index (κ3) is 3.74. The number of nitrogens with one attached hydrogen (secondary N) is 1. The molecule has 0 aromatic carbocycles. The second-order valence-electron chi connectivity index (χ2n) is 4.17. The Hall–Kier alpha value is -0.130. The van der Waals surface area contributed by atoms with E-state index in [9.17, 15) is 8.42 Å². The number of hydrogen-bond acceptors (Lipinski definition) is 3. The predicted octanol–water partition coefficient (Wildman–Crippen LogP) is 0.800. The first-order chi connectivity index (χ1) is 7.08. The quantitative estimate of drug-likeness (QED) is 0.663. The second kappa shape index (κ2) is 5.82. The van der Waals surface area contributed by atoms with E-state index in [0.29, 0.717) is 6.54 Å². The molecule has 0 atom stereocenters. The predicted molar refractivity (Wildman–Crippen MR) is 62.3 cm³/mol. The van der Waals surface area contributed by atoms with Crippen molar-refractivity contribution in [2.45, 2.75) is 38.6 Å². The Labute approximate surface area is 93.1 Å². The van der Waals surface area contributed by atoms with Crippen molar-refractivity contribution in [1.29, 1.82) is 0 Å². The first-order valence-corrected chi connectivity index (χ1v) is 7.35. The van der Waals surface area contributed by atoms with Crippen LogP contribution in [0.25, 0.3) is 0 Å². The summed E-state index contributed by atoms with van der Waals surface area (Å²) >= 11 is 0. The van der Waals surface area contributed by atoms with E-state index in [1.54, 1.807) is 11.4 Å². The van der Waals surface area contributed by atoms with Crippen LogP contribution in [0, 0.1) is 0 Å². The zero-order chi connectivity index (χ0) is 11.3. The molecule has 1 fully saturated rings. The molecule has 0 aliphatic heterocycles. The van der Waals surface area contributed by atoms with E-state index in [0.717, 1.165) is 25.8 Å². The molecule has 0 unspecified atom stereocenters. The van der Waals surface area contributed by atoms with Gasteiger partial charge >= 0.3 is 0 Å². The maximum absolute atomic E-state index is 11.8. The molecule has 1 N–H and O–H groups in total. The number of hydrogen-bond donors (Lipinski definition) is 1. The lowest BCUT2D eigenvalue weighted by molar-refractivity contribution is 0.249. The van der Waals surface area contributed by atoms with Gasteiger partial charge in [-0.1, -0.05) is 13.3 Å². The maximum Gasteiger partial charge on any atom is 0.215 e. The Morgan fingerprint density at radius 2 is 2.00 bits per heavy atom. The molecule has 0 aromatic heterocycles. The van der Waals surface area contributed by atoms with Gasteiger partial charge in [-0.15, -0.1) is 0 Å². The molecular weight excluding hydrogens is 212 g/mol. The van der Waals surface area contributed by atoms with Gasteiger partial charge in [-0.05, 0) is 25.8 Å². The highest BCUT2D eigenvalue weighted by Gasteiger charge is 2.29. The van der Waals surface area contributed by atoms with Crippen LogP contribution in [0.1, 0.15) is 32.6 Å². The van der Waals surface area contributed by atoms with Crippen LogP contribution in [0.5, 0.6) is 0 Å². The molecule has 0 heterocycles. The molecule has 0 bridgehead atoms. The van der Waals surface area contributed by atoms with Crippen LogP contribution in [0.15, 0.2) is 0 Å². The van der Waals surface area contributed by atoms with Gasteiger partial charge in [0.2, 0.25) is 10.0 Å². The van der Waals surface area contributed by atoms with Gasteiger partial charge in [-0.3, -0.25) is 0 Å². The van der Waals surface area contributed by atoms with Crippen molar-refractivity contribution in [2.24, 2.45) is 0 Å². The zero-order valence-corrected chi connectivity index (χ0v) is 10.5. The topological polar surface area (TPSA) is 49.4 Å². The summed E-state index contributed by atoms with van der Waals surface area (Å²) in [6.45, 7) is 3.53. The lowest BCUT2D eigenvalue weighted by Gasteiger charge is -2.33. The second-order valence-corrected chi connectivity index (χ2v) is 6.31. The molecule has 5 heteroatoms. The summed E-state index contributed by atoms with van der Waals surface area (Å²) in [6.07, 6.45) is 4.26. The molecule has 1 aliphatic carbocycles. The highest BCUT2D eigenvalue weighted by atomic mass is 32.2. The van der Waals surface area contributed by atoms with Crippen molar-refractivity contribution in [3.8, 4) is 0 Å². The van der Waals surface area contributed by atoms with Crippen molar-refractivity contribution in [1.82, 2.24) is 9.62 Å². The van der Waals surface area contributed by atoms with E-state index in [1.165, 1.54) is 6.42 Å². The van der Waals surface area contributed by atoms with Crippen molar-refractivity contribution in [3.05, 3.63) is 0 Å². The van der Waals surface area contributed by atoms with Gasteiger partial charge in [0.15, 0.2) is 0 Å². The normalized spacial score (nSPS) is 18.1. The van der Waals surface area contributed by atoms with Gasteiger partial charge in [0.05, 0.1) is 5.75 Å². The van der Waals surface area contributed by atoms with Crippen LogP contribution in [0.2, 0.25) is 0 Å². The molecule has 0 aromatic rings. The fourth-order valence-corrected chi connectivity index (χ4v) is 2.98. The summed E-state index contributed by atoms with van der Waals surface area (Å²) < 4.78 is 25.2. The van der Waals surface area contributed by atoms with Crippen LogP contribution < -0.4 is 5.32 Å². The fourth-order valence-electron chi connectivity index (χ4n) is 1.62. The highest BCUT2D eigenvalue weighted by Crippen LogP contribution is 2.25. The summed E-state index contributed by atoms with van der Waals surface area (Å²) in [6, 6.07) is 0.265. The molecule has 0 saturated heterocycles. The first-order valence-electron chi connectivity index (χ1n) is 5.74. The van der Waals surface area contributed by atoms with E-state index in [-0.39, 0.29) is 11.8 Å². The SMILES string of the molecule is CCCNCCS(=O)(=O)N(C)C1CCC1. The molecule has 1 aliphatic rings. The Morgan fingerprint density at radius 1 is 1.33 bits per heavy atom. The summed E-state index contributed by atoms with van der Waals surface area (Å²) in [7, 11) is -1.32. The Bertz CT molecular complexity index is 273. The van der Waals surface area contributed by atoms with Crippen molar-refractivity contribution < 1.29 is 8.42 Å². The fraction of sp³-hybridized carbons (Fsp3) is 1.00. The Morgan fingerprint density at radius 3 is 2.47 bits per heavy atom.